The third-order valence-electron chi connectivity index (χ3n) is 2.85. The molecule has 2 aromatic rings. The molecular formula is C15H16ClNO. The number of nitrogens with one attached hydrogen (secondary N) is 1. The molecule has 0 aromatic heterocycles. The second-order valence-electron chi connectivity index (χ2n) is 4.22. The van der Waals surface area contributed by atoms with E-state index < -0.39 is 0 Å². The van der Waals surface area contributed by atoms with Crippen LogP contribution in [0.5, 0.6) is 0 Å². The lowest BCUT2D eigenvalue weighted by Gasteiger charge is -2.08. The van der Waals surface area contributed by atoms with E-state index in [1.807, 2.05) is 42.5 Å². The van der Waals surface area contributed by atoms with Crippen LogP contribution in [0, 0.1) is 0 Å². The van der Waals surface area contributed by atoms with E-state index in [1.54, 1.807) is 0 Å². The van der Waals surface area contributed by atoms with Crippen LogP contribution >= 0.6 is 11.6 Å². The van der Waals surface area contributed by atoms with Gasteiger partial charge in [0.15, 0.2) is 0 Å². The Morgan fingerprint density at radius 1 is 1.06 bits per heavy atom. The molecule has 0 atom stereocenters. The predicted molar refractivity (Wildman–Crippen MR) is 77.1 cm³/mol. The molecule has 0 saturated carbocycles. The SMILES string of the molecule is O=C(CCCCCl)Nc1cccc2ccccc12. The molecule has 0 unspecified atom stereocenters. The van der Waals surface area contributed by atoms with Crippen LogP contribution < -0.4 is 5.32 Å². The molecule has 0 bridgehead atoms. The number of unbranched alkanes of at least 4 members (excludes halogenated alkanes) is 1. The van der Waals surface area contributed by atoms with Crippen LogP contribution in [-0.2, 0) is 4.79 Å². The minimum absolute atomic E-state index is 0.0523. The second kappa shape index (κ2) is 6.41. The summed E-state index contributed by atoms with van der Waals surface area (Å²) in [6, 6.07) is 14.0. The molecule has 0 radical (unpaired) electrons. The number of fused-ring (bicyclic) bond motifs is 1. The van der Waals surface area contributed by atoms with Crippen molar-refractivity contribution in [3.05, 3.63) is 42.5 Å². The first-order valence-electron chi connectivity index (χ1n) is 6.15. The lowest BCUT2D eigenvalue weighted by molar-refractivity contribution is -0.116. The summed E-state index contributed by atoms with van der Waals surface area (Å²) in [6.45, 7) is 0. The van der Waals surface area contributed by atoms with Crippen molar-refractivity contribution in [2.45, 2.75) is 19.3 Å². The Morgan fingerprint density at radius 2 is 1.83 bits per heavy atom. The molecule has 0 saturated heterocycles. The van der Waals surface area contributed by atoms with E-state index in [0.29, 0.717) is 12.3 Å². The molecule has 0 aliphatic heterocycles. The molecule has 0 aliphatic rings. The number of amides is 1. The highest BCUT2D eigenvalue weighted by Crippen LogP contribution is 2.23. The van der Waals surface area contributed by atoms with Gasteiger partial charge in [-0.15, -0.1) is 11.6 Å². The zero-order valence-corrected chi connectivity index (χ0v) is 10.9. The van der Waals surface area contributed by atoms with Crippen molar-refractivity contribution in [2.75, 3.05) is 11.2 Å². The molecule has 0 spiro atoms. The zero-order valence-electron chi connectivity index (χ0n) is 10.2. The number of hydrogen-bond donors (Lipinski definition) is 1. The van der Waals surface area contributed by atoms with Gasteiger partial charge in [0.1, 0.15) is 0 Å². The maximum absolute atomic E-state index is 11.8. The summed E-state index contributed by atoms with van der Waals surface area (Å²) in [5.41, 5.74) is 0.879. The number of carbonyl (C=O) groups is 1. The summed E-state index contributed by atoms with van der Waals surface area (Å²) in [7, 11) is 0. The third kappa shape index (κ3) is 3.23. The van der Waals surface area contributed by atoms with Crippen LogP contribution in [0.2, 0.25) is 0 Å². The van der Waals surface area contributed by atoms with Gasteiger partial charge in [0.25, 0.3) is 0 Å². The van der Waals surface area contributed by atoms with Gasteiger partial charge >= 0.3 is 0 Å². The molecule has 2 nitrogen and oxygen atoms in total. The average molecular weight is 262 g/mol. The lowest BCUT2D eigenvalue weighted by Crippen LogP contribution is -2.11. The van der Waals surface area contributed by atoms with Crippen molar-refractivity contribution in [1.29, 1.82) is 0 Å². The van der Waals surface area contributed by atoms with Crippen LogP contribution in [0.15, 0.2) is 42.5 Å². The number of anilines is 1. The summed E-state index contributed by atoms with van der Waals surface area (Å²) >= 11 is 5.59. The maximum Gasteiger partial charge on any atom is 0.224 e. The van der Waals surface area contributed by atoms with Crippen LogP contribution in [0.25, 0.3) is 10.8 Å². The van der Waals surface area contributed by atoms with Gasteiger partial charge in [0.2, 0.25) is 5.91 Å². The molecule has 0 heterocycles. The number of hydrogen-bond acceptors (Lipinski definition) is 1. The fourth-order valence-electron chi connectivity index (χ4n) is 1.93. The van der Waals surface area contributed by atoms with Crippen LogP contribution in [0.3, 0.4) is 0 Å². The second-order valence-corrected chi connectivity index (χ2v) is 4.60. The lowest BCUT2D eigenvalue weighted by atomic mass is 10.1. The van der Waals surface area contributed by atoms with E-state index in [1.165, 1.54) is 0 Å². The Kier molecular flexibility index (Phi) is 4.59. The van der Waals surface area contributed by atoms with Gasteiger partial charge in [-0.25, -0.2) is 0 Å². The Hall–Kier alpha value is -1.54. The highest BCUT2D eigenvalue weighted by atomic mass is 35.5. The van der Waals surface area contributed by atoms with E-state index in [-0.39, 0.29) is 5.91 Å². The smallest absolute Gasteiger partial charge is 0.224 e. The molecule has 1 N–H and O–H groups in total. The Bertz CT molecular complexity index is 534. The van der Waals surface area contributed by atoms with Crippen molar-refractivity contribution >= 4 is 34.0 Å². The van der Waals surface area contributed by atoms with Crippen LogP contribution in [0.1, 0.15) is 19.3 Å². The Balaban J connectivity index is 2.09. The number of benzene rings is 2. The van der Waals surface area contributed by atoms with Crippen LogP contribution in [0.4, 0.5) is 5.69 Å². The molecule has 0 fully saturated rings. The molecule has 2 aromatic carbocycles. The Labute approximate surface area is 112 Å². The summed E-state index contributed by atoms with van der Waals surface area (Å²) < 4.78 is 0. The van der Waals surface area contributed by atoms with Crippen molar-refractivity contribution in [3.63, 3.8) is 0 Å². The van der Waals surface area contributed by atoms with Crippen LogP contribution in [-0.4, -0.2) is 11.8 Å². The number of alkyl halides is 1. The molecule has 1 amide bonds. The summed E-state index contributed by atoms with van der Waals surface area (Å²) in [5, 5.41) is 5.17. The van der Waals surface area contributed by atoms with Gasteiger partial charge in [0, 0.05) is 23.4 Å². The highest BCUT2D eigenvalue weighted by molar-refractivity contribution is 6.17. The third-order valence-corrected chi connectivity index (χ3v) is 3.12. The quantitative estimate of drug-likeness (QED) is 0.635. The number of rotatable bonds is 5. The first-order chi connectivity index (χ1) is 8.81. The molecule has 94 valence electrons. The standard InChI is InChI=1S/C15H16ClNO/c16-11-4-3-10-15(18)17-14-9-5-7-12-6-1-2-8-13(12)14/h1-2,5-9H,3-4,10-11H2,(H,17,18). The summed E-state index contributed by atoms with van der Waals surface area (Å²) in [4.78, 5) is 11.8. The molecular weight excluding hydrogens is 246 g/mol. The largest absolute Gasteiger partial charge is 0.326 e. The predicted octanol–water partition coefficient (Wildman–Crippen LogP) is 4.19. The Morgan fingerprint density at radius 3 is 2.67 bits per heavy atom. The maximum atomic E-state index is 11.8. The van der Waals surface area contributed by atoms with Gasteiger partial charge in [0.05, 0.1) is 0 Å². The molecule has 2 rings (SSSR count). The molecule has 3 heteroatoms. The minimum atomic E-state index is 0.0523. The molecule has 0 aliphatic carbocycles. The van der Waals surface area contributed by atoms with Gasteiger partial charge < -0.3 is 5.32 Å². The van der Waals surface area contributed by atoms with Crippen molar-refractivity contribution in [2.24, 2.45) is 0 Å². The first-order valence-corrected chi connectivity index (χ1v) is 6.68. The molecule has 18 heavy (non-hydrogen) atoms. The zero-order chi connectivity index (χ0) is 12.8. The van der Waals surface area contributed by atoms with E-state index in [2.05, 4.69) is 5.32 Å². The van der Waals surface area contributed by atoms with Crippen molar-refractivity contribution in [1.82, 2.24) is 0 Å². The van der Waals surface area contributed by atoms with Gasteiger partial charge in [-0.05, 0) is 24.3 Å². The van der Waals surface area contributed by atoms with Crippen molar-refractivity contribution < 1.29 is 4.79 Å². The monoisotopic (exact) mass is 261 g/mol. The van der Waals surface area contributed by atoms with E-state index in [0.717, 1.165) is 29.3 Å². The van der Waals surface area contributed by atoms with Gasteiger partial charge in [-0.3, -0.25) is 4.79 Å². The summed E-state index contributed by atoms with van der Waals surface area (Å²) in [6.07, 6.45) is 2.24. The first kappa shape index (κ1) is 12.9. The van der Waals surface area contributed by atoms with Crippen molar-refractivity contribution in [3.8, 4) is 0 Å². The average Bonchev–Trinajstić information content (AvgIpc) is 2.39. The van der Waals surface area contributed by atoms with E-state index in [9.17, 15) is 4.79 Å². The topological polar surface area (TPSA) is 29.1 Å². The summed E-state index contributed by atoms with van der Waals surface area (Å²) in [5.74, 6) is 0.665. The number of carbonyl (C=O) groups excluding carboxylic acids is 1. The highest BCUT2D eigenvalue weighted by Gasteiger charge is 2.04. The fourth-order valence-corrected chi connectivity index (χ4v) is 2.12. The van der Waals surface area contributed by atoms with E-state index in [4.69, 9.17) is 11.6 Å². The normalized spacial score (nSPS) is 10.5. The van der Waals surface area contributed by atoms with Gasteiger partial charge in [-0.2, -0.15) is 0 Å². The van der Waals surface area contributed by atoms with E-state index >= 15 is 0 Å². The minimum Gasteiger partial charge on any atom is -0.326 e. The van der Waals surface area contributed by atoms with Gasteiger partial charge in [-0.1, -0.05) is 36.4 Å². The number of halogens is 1. The fraction of sp³-hybridized carbons (Fsp3) is 0.267.